The standard InChI is InChI=1S/C22H34O8/c1-4-5-6-7-13-8-14-11(2)17(24)12(3)21(15(14)10-28-13)30-22-20(27)19(26)18(25)16(9-23)29-22/h13,16,18-20,22-27H,4-10H2,1-3H3. The minimum atomic E-state index is -1.53. The highest BCUT2D eigenvalue weighted by Gasteiger charge is 2.45. The van der Waals surface area contributed by atoms with Crippen molar-refractivity contribution in [1.82, 2.24) is 0 Å². The fourth-order valence-electron chi connectivity index (χ4n) is 4.29. The van der Waals surface area contributed by atoms with Gasteiger partial charge in [-0.15, -0.1) is 0 Å². The van der Waals surface area contributed by atoms with Crippen LogP contribution in [0.1, 0.15) is 54.9 Å². The highest BCUT2D eigenvalue weighted by Crippen LogP contribution is 2.42. The molecule has 8 nitrogen and oxygen atoms in total. The Labute approximate surface area is 177 Å². The molecule has 0 bridgehead atoms. The Hall–Kier alpha value is -1.42. The molecule has 5 N–H and O–H groups in total. The van der Waals surface area contributed by atoms with Crippen LogP contribution in [0.25, 0.3) is 0 Å². The molecule has 8 heteroatoms. The predicted octanol–water partition coefficient (Wildman–Crippen LogP) is 1.21. The third kappa shape index (κ3) is 4.44. The number of hydrogen-bond acceptors (Lipinski definition) is 8. The second-order valence-corrected chi connectivity index (χ2v) is 8.33. The van der Waals surface area contributed by atoms with Gasteiger partial charge >= 0.3 is 0 Å². The van der Waals surface area contributed by atoms with Crippen LogP contribution in [-0.4, -0.2) is 68.9 Å². The van der Waals surface area contributed by atoms with Crippen molar-refractivity contribution in [2.75, 3.05) is 6.61 Å². The van der Waals surface area contributed by atoms with Crippen LogP contribution in [0.2, 0.25) is 0 Å². The molecule has 3 rings (SSSR count). The van der Waals surface area contributed by atoms with Crippen LogP contribution in [-0.2, 0) is 22.5 Å². The van der Waals surface area contributed by atoms with Gasteiger partial charge in [0.1, 0.15) is 35.9 Å². The van der Waals surface area contributed by atoms with Crippen LogP contribution < -0.4 is 4.74 Å². The lowest BCUT2D eigenvalue weighted by molar-refractivity contribution is -0.277. The predicted molar refractivity (Wildman–Crippen MR) is 108 cm³/mol. The molecule has 1 saturated heterocycles. The summed E-state index contributed by atoms with van der Waals surface area (Å²) < 4.78 is 17.4. The van der Waals surface area contributed by atoms with Crippen molar-refractivity contribution >= 4 is 0 Å². The first-order chi connectivity index (χ1) is 14.3. The number of ether oxygens (including phenoxy) is 3. The number of unbranched alkanes of at least 4 members (excludes halogenated alkanes) is 2. The number of hydrogen-bond donors (Lipinski definition) is 5. The quantitative estimate of drug-likeness (QED) is 0.412. The maximum Gasteiger partial charge on any atom is 0.229 e. The van der Waals surface area contributed by atoms with Crippen LogP contribution in [0.15, 0.2) is 0 Å². The summed E-state index contributed by atoms with van der Waals surface area (Å²) in [6, 6.07) is 0. The van der Waals surface area contributed by atoms with Crippen LogP contribution in [0.4, 0.5) is 0 Å². The SMILES string of the molecule is CCCCCC1Cc2c(C)c(O)c(C)c(OC3OC(CO)C(O)C(O)C3O)c2CO1. The molecule has 6 unspecified atom stereocenters. The van der Waals surface area contributed by atoms with E-state index in [0.29, 0.717) is 24.3 Å². The smallest absolute Gasteiger partial charge is 0.229 e. The van der Waals surface area contributed by atoms with Gasteiger partial charge in [-0.25, -0.2) is 0 Å². The van der Waals surface area contributed by atoms with Crippen molar-refractivity contribution in [3.8, 4) is 11.5 Å². The van der Waals surface area contributed by atoms with Crippen LogP contribution >= 0.6 is 0 Å². The Morgan fingerprint density at radius 3 is 2.40 bits per heavy atom. The van der Waals surface area contributed by atoms with E-state index in [1.54, 1.807) is 6.92 Å². The number of benzene rings is 1. The third-order valence-corrected chi connectivity index (χ3v) is 6.25. The summed E-state index contributed by atoms with van der Waals surface area (Å²) in [6.07, 6.45) is -1.84. The van der Waals surface area contributed by atoms with Gasteiger partial charge in [0.25, 0.3) is 0 Å². The lowest BCUT2D eigenvalue weighted by Crippen LogP contribution is -2.60. The highest BCUT2D eigenvalue weighted by molar-refractivity contribution is 5.58. The van der Waals surface area contributed by atoms with Crippen molar-refractivity contribution in [1.29, 1.82) is 0 Å². The van der Waals surface area contributed by atoms with Crippen molar-refractivity contribution < 1.29 is 39.7 Å². The summed E-state index contributed by atoms with van der Waals surface area (Å²) in [4.78, 5) is 0. The van der Waals surface area contributed by atoms with Crippen molar-refractivity contribution in [3.63, 3.8) is 0 Å². The molecule has 30 heavy (non-hydrogen) atoms. The molecule has 2 aliphatic heterocycles. The lowest BCUT2D eigenvalue weighted by atomic mass is 9.89. The summed E-state index contributed by atoms with van der Waals surface area (Å²) >= 11 is 0. The normalized spacial score (nSPS) is 31.4. The zero-order chi connectivity index (χ0) is 22.0. The summed E-state index contributed by atoms with van der Waals surface area (Å²) in [5.41, 5.74) is 3.01. The van der Waals surface area contributed by atoms with E-state index in [1.807, 2.05) is 6.92 Å². The van der Waals surface area contributed by atoms with Gasteiger partial charge in [0, 0.05) is 11.1 Å². The summed E-state index contributed by atoms with van der Waals surface area (Å²) in [7, 11) is 0. The Kier molecular flexibility index (Phi) is 7.60. The number of aliphatic hydroxyl groups is 4. The first kappa shape index (κ1) is 23.2. The van der Waals surface area contributed by atoms with Gasteiger partial charge < -0.3 is 39.7 Å². The number of rotatable bonds is 7. The molecule has 2 heterocycles. The molecule has 1 fully saturated rings. The topological polar surface area (TPSA) is 129 Å². The van der Waals surface area contributed by atoms with Crippen LogP contribution in [0, 0.1) is 13.8 Å². The summed E-state index contributed by atoms with van der Waals surface area (Å²) in [6.45, 7) is 5.50. The number of fused-ring (bicyclic) bond motifs is 1. The van der Waals surface area contributed by atoms with Crippen molar-refractivity contribution in [3.05, 3.63) is 22.3 Å². The average molecular weight is 427 g/mol. The van der Waals surface area contributed by atoms with Gasteiger partial charge in [-0.05, 0) is 37.8 Å². The first-order valence-corrected chi connectivity index (χ1v) is 10.7. The Bertz CT molecular complexity index is 735. The number of aliphatic hydroxyl groups excluding tert-OH is 4. The summed E-state index contributed by atoms with van der Waals surface area (Å²) in [5.74, 6) is 0.451. The molecule has 0 radical (unpaired) electrons. The number of aromatic hydroxyl groups is 1. The molecular weight excluding hydrogens is 392 g/mol. The maximum atomic E-state index is 10.7. The molecule has 0 aliphatic carbocycles. The van der Waals surface area contributed by atoms with E-state index in [2.05, 4.69) is 6.92 Å². The number of phenolic OH excluding ortho intramolecular Hbond substituents is 1. The number of phenols is 1. The van der Waals surface area contributed by atoms with E-state index in [9.17, 15) is 25.5 Å². The van der Waals surface area contributed by atoms with Crippen molar-refractivity contribution in [2.45, 2.75) is 96.3 Å². The molecule has 0 amide bonds. The zero-order valence-electron chi connectivity index (χ0n) is 17.9. The minimum Gasteiger partial charge on any atom is -0.507 e. The van der Waals surface area contributed by atoms with Crippen LogP contribution in [0.5, 0.6) is 11.5 Å². The molecule has 0 spiro atoms. The second kappa shape index (κ2) is 9.80. The Morgan fingerprint density at radius 2 is 1.73 bits per heavy atom. The minimum absolute atomic E-state index is 0.0740. The van der Waals surface area contributed by atoms with E-state index >= 15 is 0 Å². The molecule has 0 saturated carbocycles. The lowest BCUT2D eigenvalue weighted by Gasteiger charge is -2.40. The van der Waals surface area contributed by atoms with E-state index in [-0.39, 0.29) is 11.9 Å². The fourth-order valence-corrected chi connectivity index (χ4v) is 4.29. The first-order valence-electron chi connectivity index (χ1n) is 10.7. The van der Waals surface area contributed by atoms with Gasteiger partial charge in [-0.3, -0.25) is 0 Å². The van der Waals surface area contributed by atoms with E-state index < -0.39 is 37.3 Å². The van der Waals surface area contributed by atoms with E-state index in [4.69, 9.17) is 14.2 Å². The molecule has 6 atom stereocenters. The van der Waals surface area contributed by atoms with Gasteiger partial charge in [-0.1, -0.05) is 26.2 Å². The van der Waals surface area contributed by atoms with E-state index in [0.717, 1.165) is 42.4 Å². The third-order valence-electron chi connectivity index (χ3n) is 6.25. The molecule has 2 aliphatic rings. The van der Waals surface area contributed by atoms with Crippen molar-refractivity contribution in [2.24, 2.45) is 0 Å². The maximum absolute atomic E-state index is 10.7. The average Bonchev–Trinajstić information content (AvgIpc) is 2.75. The Morgan fingerprint density at radius 1 is 1.00 bits per heavy atom. The molecule has 0 aromatic heterocycles. The monoisotopic (exact) mass is 426 g/mol. The molecule has 170 valence electrons. The van der Waals surface area contributed by atoms with E-state index in [1.165, 1.54) is 0 Å². The Balaban J connectivity index is 1.87. The van der Waals surface area contributed by atoms with Gasteiger partial charge in [0.15, 0.2) is 0 Å². The van der Waals surface area contributed by atoms with Crippen LogP contribution in [0.3, 0.4) is 0 Å². The second-order valence-electron chi connectivity index (χ2n) is 8.33. The highest BCUT2D eigenvalue weighted by atomic mass is 16.7. The zero-order valence-corrected chi connectivity index (χ0v) is 17.9. The van der Waals surface area contributed by atoms with Gasteiger partial charge in [0.05, 0.1) is 19.3 Å². The van der Waals surface area contributed by atoms with Gasteiger partial charge in [0.2, 0.25) is 6.29 Å². The van der Waals surface area contributed by atoms with Gasteiger partial charge in [-0.2, -0.15) is 0 Å². The molecule has 1 aromatic rings. The summed E-state index contributed by atoms with van der Waals surface area (Å²) in [5, 5.41) is 50.4. The largest absolute Gasteiger partial charge is 0.507 e. The molecular formula is C22H34O8. The fraction of sp³-hybridized carbons (Fsp3) is 0.727. The molecule has 1 aromatic carbocycles.